The summed E-state index contributed by atoms with van der Waals surface area (Å²) in [6.45, 7) is 0.688. The number of nitrogens with zero attached hydrogens (tertiary/aromatic N) is 2. The summed E-state index contributed by atoms with van der Waals surface area (Å²) in [5.74, 6) is 0.619. The van der Waals surface area contributed by atoms with Crippen LogP contribution in [0.4, 0.5) is 5.13 Å². The first-order valence-electron chi connectivity index (χ1n) is 8.17. The quantitative estimate of drug-likeness (QED) is 0.371. The minimum absolute atomic E-state index is 0.0636. The van der Waals surface area contributed by atoms with Gasteiger partial charge in [-0.25, -0.2) is 4.79 Å². The molecule has 0 fully saturated rings. The molecule has 2 heterocycles. The van der Waals surface area contributed by atoms with Crippen molar-refractivity contribution in [2.24, 2.45) is 0 Å². The fourth-order valence-corrected chi connectivity index (χ4v) is 4.33. The van der Waals surface area contributed by atoms with Crippen molar-refractivity contribution in [3.63, 3.8) is 0 Å². The molecule has 0 amide bonds. The normalized spacial score (nSPS) is 11.0. The summed E-state index contributed by atoms with van der Waals surface area (Å²) in [4.78, 5) is 11.8. The molecule has 8 heteroatoms. The summed E-state index contributed by atoms with van der Waals surface area (Å²) in [7, 11) is 0. The zero-order valence-electron chi connectivity index (χ0n) is 14.1. The zero-order chi connectivity index (χ0) is 18.6. The van der Waals surface area contributed by atoms with E-state index in [2.05, 4.69) is 15.5 Å². The lowest BCUT2D eigenvalue weighted by atomic mass is 10.1. The van der Waals surface area contributed by atoms with E-state index in [1.165, 1.54) is 40.8 Å². The summed E-state index contributed by atoms with van der Waals surface area (Å²) in [5, 5.41) is 22.7. The van der Waals surface area contributed by atoms with Gasteiger partial charge in [0, 0.05) is 29.8 Å². The molecule has 0 spiro atoms. The number of hydrogen-bond donors (Lipinski definition) is 2. The Balaban J connectivity index is 1.44. The van der Waals surface area contributed by atoms with Crippen LogP contribution in [0.15, 0.2) is 68.1 Å². The number of nitrogens with one attached hydrogen (secondary N) is 1. The minimum Gasteiger partial charge on any atom is -0.508 e. The first kappa shape index (κ1) is 17.6. The average Bonchev–Trinajstić information content (AvgIpc) is 3.13. The van der Waals surface area contributed by atoms with Gasteiger partial charge in [0.15, 0.2) is 4.34 Å². The van der Waals surface area contributed by atoms with Crippen molar-refractivity contribution in [3.05, 3.63) is 76.1 Å². The number of anilines is 1. The standard InChI is InChI=1S/C19H15N3O3S2/c23-14-6-7-15-13(8-17(24)25-16(15)9-14)11-26-19-22-21-18(27-19)20-10-12-4-2-1-3-5-12/h1-9,23H,10-11H2,(H,20,21). The summed E-state index contributed by atoms with van der Waals surface area (Å²) >= 11 is 2.98. The molecule has 0 atom stereocenters. The van der Waals surface area contributed by atoms with E-state index in [1.54, 1.807) is 12.1 Å². The Bertz CT molecular complexity index is 1130. The topological polar surface area (TPSA) is 88.2 Å². The maximum Gasteiger partial charge on any atom is 0.336 e. The Morgan fingerprint density at radius 1 is 1.11 bits per heavy atom. The molecule has 2 N–H and O–H groups in total. The van der Waals surface area contributed by atoms with Crippen molar-refractivity contribution in [1.29, 1.82) is 0 Å². The second kappa shape index (κ2) is 7.81. The van der Waals surface area contributed by atoms with Gasteiger partial charge in [-0.3, -0.25) is 0 Å². The second-order valence-corrected chi connectivity index (χ2v) is 7.97. The molecule has 2 aromatic heterocycles. The third kappa shape index (κ3) is 4.29. The van der Waals surface area contributed by atoms with E-state index in [0.717, 1.165) is 20.4 Å². The van der Waals surface area contributed by atoms with Gasteiger partial charge in [-0.05, 0) is 23.3 Å². The Hall–Kier alpha value is -2.84. The van der Waals surface area contributed by atoms with Gasteiger partial charge >= 0.3 is 5.63 Å². The van der Waals surface area contributed by atoms with Crippen LogP contribution < -0.4 is 10.9 Å². The summed E-state index contributed by atoms with van der Waals surface area (Å²) < 4.78 is 5.96. The van der Waals surface area contributed by atoms with Crippen LogP contribution in [0.3, 0.4) is 0 Å². The highest BCUT2D eigenvalue weighted by atomic mass is 32.2. The zero-order valence-corrected chi connectivity index (χ0v) is 15.7. The van der Waals surface area contributed by atoms with Crippen molar-refractivity contribution in [2.75, 3.05) is 5.32 Å². The number of phenols is 1. The maximum atomic E-state index is 11.8. The number of aromatic hydroxyl groups is 1. The van der Waals surface area contributed by atoms with Crippen LogP contribution in [-0.2, 0) is 12.3 Å². The van der Waals surface area contributed by atoms with Gasteiger partial charge in [-0.2, -0.15) is 0 Å². The van der Waals surface area contributed by atoms with E-state index in [1.807, 2.05) is 30.3 Å². The third-order valence-electron chi connectivity index (χ3n) is 3.86. The smallest absolute Gasteiger partial charge is 0.336 e. The molecule has 4 aromatic rings. The van der Waals surface area contributed by atoms with Crippen molar-refractivity contribution < 1.29 is 9.52 Å². The van der Waals surface area contributed by atoms with E-state index >= 15 is 0 Å². The van der Waals surface area contributed by atoms with Gasteiger partial charge < -0.3 is 14.8 Å². The van der Waals surface area contributed by atoms with Crippen LogP contribution in [0, 0.1) is 0 Å². The van der Waals surface area contributed by atoms with Crippen LogP contribution in [0.5, 0.6) is 5.75 Å². The molecule has 0 aliphatic rings. The second-order valence-electron chi connectivity index (χ2n) is 5.77. The molecule has 136 valence electrons. The first-order valence-corrected chi connectivity index (χ1v) is 9.97. The largest absolute Gasteiger partial charge is 0.508 e. The molecule has 0 bridgehead atoms. The van der Waals surface area contributed by atoms with E-state index in [-0.39, 0.29) is 5.75 Å². The molecule has 6 nitrogen and oxygen atoms in total. The molecule has 0 radical (unpaired) electrons. The SMILES string of the molecule is O=c1cc(CSc2nnc(NCc3ccccc3)s2)c2ccc(O)cc2o1. The summed E-state index contributed by atoms with van der Waals surface area (Å²) in [6.07, 6.45) is 0. The molecule has 0 saturated carbocycles. The summed E-state index contributed by atoms with van der Waals surface area (Å²) in [6, 6.07) is 16.3. The number of thioether (sulfide) groups is 1. The molecule has 0 unspecified atom stereocenters. The maximum absolute atomic E-state index is 11.8. The van der Waals surface area contributed by atoms with Gasteiger partial charge in [0.2, 0.25) is 5.13 Å². The monoisotopic (exact) mass is 397 g/mol. The fourth-order valence-electron chi connectivity index (χ4n) is 2.59. The molecule has 0 saturated heterocycles. The van der Waals surface area contributed by atoms with Gasteiger partial charge in [0.05, 0.1) is 0 Å². The Kier molecular flexibility index (Phi) is 5.08. The number of fused-ring (bicyclic) bond motifs is 1. The summed E-state index contributed by atoms with van der Waals surface area (Å²) in [5.41, 5.74) is 1.94. The number of hydrogen-bond acceptors (Lipinski definition) is 8. The predicted octanol–water partition coefficient (Wildman–Crippen LogP) is 4.25. The van der Waals surface area contributed by atoms with E-state index in [0.29, 0.717) is 17.9 Å². The molecule has 4 rings (SSSR count). The molecule has 0 aliphatic carbocycles. The number of phenolic OH excluding ortho intramolecular Hbond substituents is 1. The Morgan fingerprint density at radius 2 is 1.96 bits per heavy atom. The molecule has 2 aromatic carbocycles. The van der Waals surface area contributed by atoms with Crippen LogP contribution in [0.25, 0.3) is 11.0 Å². The van der Waals surface area contributed by atoms with Crippen LogP contribution in [-0.4, -0.2) is 15.3 Å². The van der Waals surface area contributed by atoms with Crippen LogP contribution >= 0.6 is 23.1 Å². The molecule has 0 aliphatic heterocycles. The van der Waals surface area contributed by atoms with Crippen molar-refractivity contribution in [1.82, 2.24) is 10.2 Å². The first-order chi connectivity index (χ1) is 13.2. The lowest BCUT2D eigenvalue weighted by Gasteiger charge is -2.04. The van der Waals surface area contributed by atoms with E-state index < -0.39 is 5.63 Å². The third-order valence-corrected chi connectivity index (χ3v) is 5.92. The van der Waals surface area contributed by atoms with E-state index in [9.17, 15) is 9.90 Å². The van der Waals surface area contributed by atoms with Crippen LogP contribution in [0.1, 0.15) is 11.1 Å². The Labute approximate surface area is 162 Å². The van der Waals surface area contributed by atoms with Gasteiger partial charge in [0.1, 0.15) is 11.3 Å². The molecule has 27 heavy (non-hydrogen) atoms. The number of benzene rings is 2. The predicted molar refractivity (Wildman–Crippen MR) is 107 cm³/mol. The number of aromatic nitrogens is 2. The average molecular weight is 397 g/mol. The lowest BCUT2D eigenvalue weighted by molar-refractivity contribution is 0.473. The van der Waals surface area contributed by atoms with Gasteiger partial charge in [-0.15, -0.1) is 10.2 Å². The van der Waals surface area contributed by atoms with Crippen molar-refractivity contribution >= 4 is 39.2 Å². The Morgan fingerprint density at radius 3 is 2.81 bits per heavy atom. The fraction of sp³-hybridized carbons (Fsp3) is 0.105. The highest BCUT2D eigenvalue weighted by Gasteiger charge is 2.10. The molecular weight excluding hydrogens is 382 g/mol. The van der Waals surface area contributed by atoms with Gasteiger partial charge in [0.25, 0.3) is 0 Å². The van der Waals surface area contributed by atoms with Crippen LogP contribution in [0.2, 0.25) is 0 Å². The highest BCUT2D eigenvalue weighted by Crippen LogP contribution is 2.31. The van der Waals surface area contributed by atoms with Crippen molar-refractivity contribution in [2.45, 2.75) is 16.6 Å². The highest BCUT2D eigenvalue weighted by molar-refractivity contribution is 8.00. The van der Waals surface area contributed by atoms with Gasteiger partial charge in [-0.1, -0.05) is 53.4 Å². The molecular formula is C19H15N3O3S2. The number of rotatable bonds is 6. The lowest BCUT2D eigenvalue weighted by Crippen LogP contribution is -1.99. The van der Waals surface area contributed by atoms with E-state index in [4.69, 9.17) is 4.42 Å². The minimum atomic E-state index is -0.439. The van der Waals surface area contributed by atoms with Crippen molar-refractivity contribution in [3.8, 4) is 5.75 Å².